The Morgan fingerprint density at radius 3 is 2.28 bits per heavy atom. The van der Waals surface area contributed by atoms with Crippen molar-refractivity contribution in [1.82, 2.24) is 10.6 Å². The van der Waals surface area contributed by atoms with Crippen LogP contribution >= 0.6 is 0 Å². The van der Waals surface area contributed by atoms with Crippen molar-refractivity contribution >= 4 is 12.0 Å². The Kier molecular flexibility index (Phi) is 11.0. The quantitative estimate of drug-likeness (QED) is 0.298. The molecule has 0 heterocycles. The first-order valence-electron chi connectivity index (χ1n) is 12.7. The molecule has 3 aromatic carbocycles. The summed E-state index contributed by atoms with van der Waals surface area (Å²) in [6.45, 7) is 3.98. The molecule has 0 unspecified atom stereocenters. The minimum absolute atomic E-state index is 0.0385. The van der Waals surface area contributed by atoms with Gasteiger partial charge in [-0.05, 0) is 66.0 Å². The molecule has 3 aromatic rings. The number of unbranched alkanes of at least 4 members (excludes halogenated alkanes) is 1. The van der Waals surface area contributed by atoms with E-state index in [4.69, 9.17) is 10.5 Å². The number of carbonyl (C=O) groups is 2. The number of benzene rings is 3. The van der Waals surface area contributed by atoms with Gasteiger partial charge in [0.2, 0.25) is 5.91 Å². The highest BCUT2D eigenvalue weighted by Gasteiger charge is 2.07. The summed E-state index contributed by atoms with van der Waals surface area (Å²) in [7, 11) is 0. The van der Waals surface area contributed by atoms with E-state index in [0.29, 0.717) is 26.1 Å². The third-order valence-corrected chi connectivity index (χ3v) is 6.04. The van der Waals surface area contributed by atoms with Crippen molar-refractivity contribution < 1.29 is 14.3 Å². The molecule has 4 N–H and O–H groups in total. The molecule has 0 atom stereocenters. The smallest absolute Gasteiger partial charge is 0.407 e. The number of rotatable bonds is 13. The van der Waals surface area contributed by atoms with Gasteiger partial charge in [0, 0.05) is 26.1 Å². The van der Waals surface area contributed by atoms with Crippen LogP contribution < -0.4 is 16.4 Å². The molecule has 0 saturated carbocycles. The number of aryl methyl sites for hydroxylation is 3. The molecule has 6 nitrogen and oxygen atoms in total. The molecule has 0 aliphatic heterocycles. The van der Waals surface area contributed by atoms with Crippen molar-refractivity contribution in [3.8, 4) is 11.1 Å². The number of nitrogens with two attached hydrogens (primary N) is 1. The highest BCUT2D eigenvalue weighted by atomic mass is 16.5. The lowest BCUT2D eigenvalue weighted by molar-refractivity contribution is -0.121. The van der Waals surface area contributed by atoms with E-state index in [1.165, 1.54) is 22.3 Å². The zero-order valence-electron chi connectivity index (χ0n) is 21.1. The summed E-state index contributed by atoms with van der Waals surface area (Å²) in [6.07, 6.45) is 3.66. The fourth-order valence-electron chi connectivity index (χ4n) is 4.03. The minimum atomic E-state index is -0.376. The van der Waals surface area contributed by atoms with E-state index in [9.17, 15) is 9.59 Å². The Morgan fingerprint density at radius 2 is 1.56 bits per heavy atom. The van der Waals surface area contributed by atoms with E-state index >= 15 is 0 Å². The van der Waals surface area contributed by atoms with Crippen LogP contribution in [0.2, 0.25) is 0 Å². The maximum absolute atomic E-state index is 11.8. The van der Waals surface area contributed by atoms with Crippen LogP contribution in [0.4, 0.5) is 4.79 Å². The Bertz CT molecular complexity index is 1100. The van der Waals surface area contributed by atoms with Crippen molar-refractivity contribution in [2.75, 3.05) is 19.6 Å². The summed E-state index contributed by atoms with van der Waals surface area (Å²) in [5.74, 6) is 0.0385. The molecule has 0 radical (unpaired) electrons. The molecule has 0 saturated heterocycles. The molecule has 190 valence electrons. The van der Waals surface area contributed by atoms with Gasteiger partial charge >= 0.3 is 6.09 Å². The van der Waals surface area contributed by atoms with Gasteiger partial charge in [0.1, 0.15) is 6.61 Å². The van der Waals surface area contributed by atoms with Crippen LogP contribution in [0.1, 0.15) is 41.5 Å². The predicted molar refractivity (Wildman–Crippen MR) is 145 cm³/mol. The zero-order chi connectivity index (χ0) is 25.6. The average molecular weight is 488 g/mol. The summed E-state index contributed by atoms with van der Waals surface area (Å²) in [4.78, 5) is 23.6. The molecule has 36 heavy (non-hydrogen) atoms. The fraction of sp³-hybridized carbons (Fsp3) is 0.333. The molecule has 0 bridgehead atoms. The molecule has 6 heteroatoms. The highest BCUT2D eigenvalue weighted by molar-refractivity contribution is 5.76. The molecule has 3 rings (SSSR count). The Hall–Kier alpha value is -3.64. The van der Waals surface area contributed by atoms with E-state index in [1.54, 1.807) is 0 Å². The van der Waals surface area contributed by atoms with E-state index < -0.39 is 0 Å². The molecule has 0 aliphatic carbocycles. The maximum atomic E-state index is 11.8. The zero-order valence-corrected chi connectivity index (χ0v) is 21.1. The molecule has 0 aliphatic rings. The van der Waals surface area contributed by atoms with Gasteiger partial charge in [0.25, 0.3) is 0 Å². The van der Waals surface area contributed by atoms with Gasteiger partial charge in [-0.25, -0.2) is 4.79 Å². The maximum Gasteiger partial charge on any atom is 0.407 e. The lowest BCUT2D eigenvalue weighted by Crippen LogP contribution is -2.29. The van der Waals surface area contributed by atoms with Crippen LogP contribution in [0.5, 0.6) is 0 Å². The van der Waals surface area contributed by atoms with Crippen molar-refractivity contribution in [2.24, 2.45) is 5.73 Å². The number of alkyl carbamates (subject to hydrolysis) is 1. The minimum Gasteiger partial charge on any atom is -0.445 e. The number of hydrogen-bond acceptors (Lipinski definition) is 4. The fourth-order valence-corrected chi connectivity index (χ4v) is 4.03. The normalized spacial score (nSPS) is 10.6. The highest BCUT2D eigenvalue weighted by Crippen LogP contribution is 2.25. The first-order chi connectivity index (χ1) is 17.5. The molecular weight excluding hydrogens is 450 g/mol. The summed E-state index contributed by atoms with van der Waals surface area (Å²) >= 11 is 0. The first-order valence-corrected chi connectivity index (χ1v) is 12.7. The second-order valence-corrected chi connectivity index (χ2v) is 8.93. The van der Waals surface area contributed by atoms with Gasteiger partial charge in [-0.2, -0.15) is 0 Å². The molecule has 2 amide bonds. The molecule has 0 aromatic heterocycles. The van der Waals surface area contributed by atoms with E-state index in [1.807, 2.05) is 30.3 Å². The van der Waals surface area contributed by atoms with Crippen molar-refractivity contribution in [3.63, 3.8) is 0 Å². The van der Waals surface area contributed by atoms with Crippen LogP contribution in [0.3, 0.4) is 0 Å². The molecule has 0 spiro atoms. The Labute approximate surface area is 214 Å². The second-order valence-electron chi connectivity index (χ2n) is 8.93. The van der Waals surface area contributed by atoms with Crippen LogP contribution in [0, 0.1) is 6.92 Å². The number of ether oxygens (including phenoxy) is 1. The largest absolute Gasteiger partial charge is 0.445 e. The topological polar surface area (TPSA) is 93.5 Å². The van der Waals surface area contributed by atoms with Gasteiger partial charge in [-0.15, -0.1) is 0 Å². The van der Waals surface area contributed by atoms with Gasteiger partial charge < -0.3 is 21.1 Å². The lowest BCUT2D eigenvalue weighted by Gasteiger charge is -2.10. The van der Waals surface area contributed by atoms with Gasteiger partial charge in [0.05, 0.1) is 0 Å². The molecular formula is C30H37N3O3. The summed E-state index contributed by atoms with van der Waals surface area (Å²) in [6, 6.07) is 24.7. The van der Waals surface area contributed by atoms with E-state index in [-0.39, 0.29) is 18.6 Å². The van der Waals surface area contributed by atoms with Crippen molar-refractivity contribution in [2.45, 2.75) is 45.6 Å². The van der Waals surface area contributed by atoms with Gasteiger partial charge in [0.15, 0.2) is 0 Å². The number of nitrogens with one attached hydrogen (secondary N) is 2. The van der Waals surface area contributed by atoms with Crippen LogP contribution in [-0.2, 0) is 29.0 Å². The Morgan fingerprint density at radius 1 is 0.806 bits per heavy atom. The van der Waals surface area contributed by atoms with Crippen LogP contribution in [0.15, 0.2) is 72.8 Å². The second kappa shape index (κ2) is 14.7. The first kappa shape index (κ1) is 27.0. The summed E-state index contributed by atoms with van der Waals surface area (Å²) in [5.41, 5.74) is 12.4. The Balaban J connectivity index is 1.37. The van der Waals surface area contributed by atoms with E-state index in [2.05, 4.69) is 60.0 Å². The third kappa shape index (κ3) is 9.19. The number of amides is 2. The van der Waals surface area contributed by atoms with Crippen molar-refractivity contribution in [3.05, 3.63) is 95.1 Å². The number of hydrogen-bond donors (Lipinski definition) is 3. The number of carbonyl (C=O) groups excluding carboxylic acids is 2. The molecule has 0 fully saturated rings. The monoisotopic (exact) mass is 487 g/mol. The van der Waals surface area contributed by atoms with Crippen LogP contribution in [0.25, 0.3) is 11.1 Å². The average Bonchev–Trinajstić information content (AvgIpc) is 2.90. The summed E-state index contributed by atoms with van der Waals surface area (Å²) in [5, 5.41) is 5.62. The van der Waals surface area contributed by atoms with E-state index in [0.717, 1.165) is 36.8 Å². The van der Waals surface area contributed by atoms with Gasteiger partial charge in [-0.3, -0.25) is 4.79 Å². The van der Waals surface area contributed by atoms with Crippen molar-refractivity contribution in [1.29, 1.82) is 0 Å². The SMILES string of the molecule is Cc1cc(CCC(=O)NCCN)ccc1-c1ccc(CCCCNC(=O)OCc2ccccc2)cc1. The van der Waals surface area contributed by atoms with Gasteiger partial charge in [-0.1, -0.05) is 72.8 Å². The standard InChI is InChI=1S/C30H37N3O3/c1-23-21-25(13-17-29(34)32-20-18-31)12-16-28(23)27-14-10-24(11-15-27)7-5-6-19-33-30(35)36-22-26-8-3-2-4-9-26/h2-4,8-12,14-16,21H,5-7,13,17-20,22,31H2,1H3,(H,32,34)(H,33,35). The predicted octanol–water partition coefficient (Wildman–Crippen LogP) is 4.92. The van der Waals surface area contributed by atoms with Crippen LogP contribution in [-0.4, -0.2) is 31.6 Å². The summed E-state index contributed by atoms with van der Waals surface area (Å²) < 4.78 is 5.23. The lowest BCUT2D eigenvalue weighted by atomic mass is 9.95. The third-order valence-electron chi connectivity index (χ3n) is 6.04.